The van der Waals surface area contributed by atoms with Gasteiger partial charge in [-0.25, -0.2) is 8.78 Å². The molecule has 0 fully saturated rings. The van der Waals surface area contributed by atoms with E-state index in [-0.39, 0.29) is 18.5 Å². The molecule has 0 radical (unpaired) electrons. The van der Waals surface area contributed by atoms with Crippen LogP contribution < -0.4 is 5.32 Å². The van der Waals surface area contributed by atoms with Gasteiger partial charge in [0, 0.05) is 12.6 Å². The highest BCUT2D eigenvalue weighted by Crippen LogP contribution is 2.13. The summed E-state index contributed by atoms with van der Waals surface area (Å²) in [6.07, 6.45) is 0.0598. The molecule has 1 N–H and O–H groups in total. The second kappa shape index (κ2) is 5.69. The molecule has 0 aromatic carbocycles. The summed E-state index contributed by atoms with van der Waals surface area (Å²) < 4.78 is 43.4. The van der Waals surface area contributed by atoms with Crippen LogP contribution in [0.1, 0.15) is 13.8 Å². The minimum absolute atomic E-state index is 0.0598. The molecule has 1 heterocycles. The van der Waals surface area contributed by atoms with Crippen molar-refractivity contribution < 1.29 is 17.9 Å². The fourth-order valence-corrected chi connectivity index (χ4v) is 1.03. The van der Waals surface area contributed by atoms with Crippen molar-refractivity contribution in [3.05, 3.63) is 23.6 Å². The monoisotopic (exact) mass is 234 g/mol. The van der Waals surface area contributed by atoms with E-state index >= 15 is 0 Å². The number of anilines is 1. The van der Waals surface area contributed by atoms with Crippen LogP contribution >= 0.6 is 0 Å². The van der Waals surface area contributed by atoms with E-state index in [1.807, 2.05) is 13.8 Å². The van der Waals surface area contributed by atoms with Crippen LogP contribution in [0.3, 0.4) is 0 Å². The molecular weight excluding hydrogens is 221 g/mol. The van der Waals surface area contributed by atoms with Crippen molar-refractivity contribution in [1.82, 2.24) is 4.98 Å². The van der Waals surface area contributed by atoms with Gasteiger partial charge in [-0.05, 0) is 13.8 Å². The molecule has 0 saturated heterocycles. The Balaban J connectivity index is 2.51. The summed E-state index contributed by atoms with van der Waals surface area (Å²) in [5, 5.41) is 2.52. The first kappa shape index (κ1) is 12.8. The molecule has 0 spiro atoms. The van der Waals surface area contributed by atoms with E-state index < -0.39 is 17.6 Å². The molecular formula is C10H13F3N2O. The number of nitrogens with one attached hydrogen (secondary N) is 1. The number of ether oxygens (including phenoxy) is 1. The fourth-order valence-electron chi connectivity index (χ4n) is 1.03. The molecule has 0 saturated carbocycles. The van der Waals surface area contributed by atoms with E-state index in [0.717, 1.165) is 0 Å². The Morgan fingerprint density at radius 1 is 1.31 bits per heavy atom. The van der Waals surface area contributed by atoms with Gasteiger partial charge in [0.15, 0.2) is 17.5 Å². The Bertz CT molecular complexity index is 358. The maximum atomic E-state index is 13.0. The Kier molecular flexibility index (Phi) is 4.54. The van der Waals surface area contributed by atoms with Crippen LogP contribution in [-0.4, -0.2) is 24.2 Å². The van der Waals surface area contributed by atoms with E-state index in [1.165, 1.54) is 0 Å². The molecule has 1 aromatic rings. The summed E-state index contributed by atoms with van der Waals surface area (Å²) in [5.41, 5.74) is 0. The van der Waals surface area contributed by atoms with Crippen LogP contribution in [0.4, 0.5) is 19.0 Å². The Labute approximate surface area is 91.6 Å². The lowest BCUT2D eigenvalue weighted by molar-refractivity contribution is 0.0870. The fraction of sp³-hybridized carbons (Fsp3) is 0.500. The lowest BCUT2D eigenvalue weighted by Gasteiger charge is -2.09. The lowest BCUT2D eigenvalue weighted by atomic mass is 10.4. The zero-order valence-electron chi connectivity index (χ0n) is 9.06. The average molecular weight is 234 g/mol. The molecule has 0 bridgehead atoms. The van der Waals surface area contributed by atoms with Crippen LogP contribution in [0.2, 0.25) is 0 Å². The summed E-state index contributed by atoms with van der Waals surface area (Å²) >= 11 is 0. The van der Waals surface area contributed by atoms with E-state index in [1.54, 1.807) is 0 Å². The molecule has 90 valence electrons. The van der Waals surface area contributed by atoms with Crippen LogP contribution in [-0.2, 0) is 4.74 Å². The van der Waals surface area contributed by atoms with Crippen LogP contribution in [0.25, 0.3) is 0 Å². The Hall–Kier alpha value is -1.30. The van der Waals surface area contributed by atoms with Crippen molar-refractivity contribution in [2.24, 2.45) is 0 Å². The number of hydrogen-bond donors (Lipinski definition) is 1. The Morgan fingerprint density at radius 2 is 2.00 bits per heavy atom. The largest absolute Gasteiger partial charge is 0.377 e. The van der Waals surface area contributed by atoms with Gasteiger partial charge in [-0.3, -0.25) is 0 Å². The third-order valence-corrected chi connectivity index (χ3v) is 1.73. The summed E-state index contributed by atoms with van der Waals surface area (Å²) in [6, 6.07) is 0.452. The maximum Gasteiger partial charge on any atom is 0.251 e. The van der Waals surface area contributed by atoms with Crippen molar-refractivity contribution in [2.45, 2.75) is 20.0 Å². The molecule has 0 aliphatic carbocycles. The minimum atomic E-state index is -1.33. The van der Waals surface area contributed by atoms with E-state index in [4.69, 9.17) is 4.74 Å². The third-order valence-electron chi connectivity index (χ3n) is 1.73. The van der Waals surface area contributed by atoms with Gasteiger partial charge in [0.25, 0.3) is 5.95 Å². The van der Waals surface area contributed by atoms with Gasteiger partial charge in [0.2, 0.25) is 0 Å². The number of aromatic nitrogens is 1. The van der Waals surface area contributed by atoms with Gasteiger partial charge in [-0.1, -0.05) is 0 Å². The lowest BCUT2D eigenvalue weighted by Crippen LogP contribution is -2.15. The highest BCUT2D eigenvalue weighted by molar-refractivity contribution is 5.35. The zero-order valence-corrected chi connectivity index (χ0v) is 9.06. The number of pyridine rings is 1. The smallest absolute Gasteiger partial charge is 0.251 e. The molecule has 1 aromatic heterocycles. The summed E-state index contributed by atoms with van der Waals surface area (Å²) in [7, 11) is 0. The van der Waals surface area contributed by atoms with Crippen molar-refractivity contribution >= 4 is 5.82 Å². The van der Waals surface area contributed by atoms with Crippen LogP contribution in [0, 0.1) is 17.6 Å². The van der Waals surface area contributed by atoms with Crippen molar-refractivity contribution in [3.8, 4) is 0 Å². The van der Waals surface area contributed by atoms with Gasteiger partial charge in [0.05, 0.1) is 12.7 Å². The third kappa shape index (κ3) is 3.69. The number of nitrogens with zero attached hydrogens (tertiary/aromatic N) is 1. The molecule has 6 heteroatoms. The van der Waals surface area contributed by atoms with Gasteiger partial charge in [-0.2, -0.15) is 9.37 Å². The first-order valence-electron chi connectivity index (χ1n) is 4.87. The van der Waals surface area contributed by atoms with E-state index in [0.29, 0.717) is 12.7 Å². The normalized spacial score (nSPS) is 10.9. The molecule has 0 amide bonds. The average Bonchev–Trinajstić information content (AvgIpc) is 2.19. The van der Waals surface area contributed by atoms with Gasteiger partial charge in [-0.15, -0.1) is 0 Å². The summed E-state index contributed by atoms with van der Waals surface area (Å²) in [5.74, 6) is -3.87. The second-order valence-corrected chi connectivity index (χ2v) is 3.44. The molecule has 1 rings (SSSR count). The van der Waals surface area contributed by atoms with Crippen molar-refractivity contribution in [3.63, 3.8) is 0 Å². The topological polar surface area (TPSA) is 34.1 Å². The number of halogens is 3. The van der Waals surface area contributed by atoms with Gasteiger partial charge < -0.3 is 10.1 Å². The first-order valence-corrected chi connectivity index (χ1v) is 4.87. The molecule has 0 unspecified atom stereocenters. The molecule has 0 aliphatic rings. The maximum absolute atomic E-state index is 13.0. The van der Waals surface area contributed by atoms with E-state index in [9.17, 15) is 13.2 Å². The quantitative estimate of drug-likeness (QED) is 0.627. The van der Waals surface area contributed by atoms with Crippen LogP contribution in [0.15, 0.2) is 6.07 Å². The second-order valence-electron chi connectivity index (χ2n) is 3.44. The Morgan fingerprint density at radius 3 is 2.62 bits per heavy atom. The first-order chi connectivity index (χ1) is 7.50. The van der Waals surface area contributed by atoms with Crippen molar-refractivity contribution in [1.29, 1.82) is 0 Å². The highest BCUT2D eigenvalue weighted by Gasteiger charge is 2.10. The number of hydrogen-bond acceptors (Lipinski definition) is 3. The van der Waals surface area contributed by atoms with Crippen LogP contribution in [0.5, 0.6) is 0 Å². The SMILES string of the molecule is CC(C)OCCNc1nc(F)c(F)cc1F. The molecule has 0 atom stereocenters. The van der Waals surface area contributed by atoms with Gasteiger partial charge >= 0.3 is 0 Å². The molecule has 0 aliphatic heterocycles. The summed E-state index contributed by atoms with van der Waals surface area (Å²) in [6.45, 7) is 4.32. The zero-order chi connectivity index (χ0) is 12.1. The minimum Gasteiger partial charge on any atom is -0.377 e. The number of rotatable bonds is 5. The van der Waals surface area contributed by atoms with Crippen molar-refractivity contribution in [2.75, 3.05) is 18.5 Å². The predicted molar refractivity (Wildman–Crippen MR) is 53.7 cm³/mol. The highest BCUT2D eigenvalue weighted by atomic mass is 19.2. The summed E-state index contributed by atoms with van der Waals surface area (Å²) in [4.78, 5) is 3.11. The molecule has 3 nitrogen and oxygen atoms in total. The predicted octanol–water partition coefficient (Wildman–Crippen LogP) is 2.34. The van der Waals surface area contributed by atoms with E-state index in [2.05, 4.69) is 10.3 Å². The van der Waals surface area contributed by atoms with Gasteiger partial charge in [0.1, 0.15) is 0 Å². The standard InChI is InChI=1S/C10H13F3N2O/c1-6(2)16-4-3-14-10-8(12)5-7(11)9(13)15-10/h5-6H,3-4H2,1-2H3,(H,14,15). The molecule has 16 heavy (non-hydrogen) atoms.